The van der Waals surface area contributed by atoms with E-state index in [1.807, 2.05) is 12.1 Å². The number of para-hydroxylation sites is 1. The number of nitrogens with one attached hydrogen (secondary N) is 1. The van der Waals surface area contributed by atoms with Gasteiger partial charge in [-0.1, -0.05) is 19.1 Å². The Morgan fingerprint density at radius 2 is 2.00 bits per heavy atom. The van der Waals surface area contributed by atoms with Gasteiger partial charge >= 0.3 is 6.18 Å². The lowest BCUT2D eigenvalue weighted by Gasteiger charge is -2.38. The van der Waals surface area contributed by atoms with Crippen molar-refractivity contribution in [3.8, 4) is 0 Å². The number of hydrogen-bond acceptors (Lipinski definition) is 3. The van der Waals surface area contributed by atoms with Gasteiger partial charge in [0.2, 0.25) is 0 Å². The fourth-order valence-electron chi connectivity index (χ4n) is 1.76. The second kappa shape index (κ2) is 5.63. The fraction of sp³-hybridized carbons (Fsp3) is 0.538. The minimum absolute atomic E-state index is 0.0851. The molecule has 0 unspecified atom stereocenters. The van der Waals surface area contributed by atoms with Gasteiger partial charge in [0, 0.05) is 22.5 Å². The zero-order valence-corrected chi connectivity index (χ0v) is 11.4. The molecule has 1 aromatic rings. The van der Waals surface area contributed by atoms with Gasteiger partial charge in [0.25, 0.3) is 0 Å². The van der Waals surface area contributed by atoms with E-state index in [0.717, 1.165) is 17.4 Å². The van der Waals surface area contributed by atoms with Crippen molar-refractivity contribution in [2.75, 3.05) is 30.8 Å². The van der Waals surface area contributed by atoms with Crippen molar-refractivity contribution in [1.82, 2.24) is 0 Å². The summed E-state index contributed by atoms with van der Waals surface area (Å²) in [6.07, 6.45) is -4.15. The number of hydrogen-bond donors (Lipinski definition) is 1. The first-order valence-electron chi connectivity index (χ1n) is 5.98. The quantitative estimate of drug-likeness (QED) is 0.834. The minimum atomic E-state index is -4.15. The molecule has 1 fully saturated rings. The average molecular weight is 291 g/mol. The molecule has 0 bridgehead atoms. The smallest absolute Gasteiger partial charge is 0.383 e. The van der Waals surface area contributed by atoms with Gasteiger partial charge in [0.05, 0.1) is 19.0 Å². The number of alkyl halides is 3. The molecule has 0 atom stereocenters. The van der Waals surface area contributed by atoms with Crippen molar-refractivity contribution in [2.45, 2.75) is 18.0 Å². The Morgan fingerprint density at radius 1 is 1.32 bits per heavy atom. The maximum absolute atomic E-state index is 12.3. The molecule has 0 amide bonds. The normalized spacial score (nSPS) is 17.9. The fourth-order valence-corrected chi connectivity index (χ4v) is 2.55. The molecule has 0 radical (unpaired) electrons. The molecule has 0 spiro atoms. The Labute approximate surface area is 114 Å². The second-order valence-corrected chi connectivity index (χ2v) is 6.07. The summed E-state index contributed by atoms with van der Waals surface area (Å²) in [6, 6.07) is 7.08. The summed E-state index contributed by atoms with van der Waals surface area (Å²) in [7, 11) is 0. The molecule has 1 saturated heterocycles. The van der Waals surface area contributed by atoms with Crippen LogP contribution in [0.3, 0.4) is 0 Å². The van der Waals surface area contributed by atoms with Crippen LogP contribution in [0, 0.1) is 5.41 Å². The van der Waals surface area contributed by atoms with Crippen LogP contribution in [-0.2, 0) is 4.74 Å². The molecule has 6 heteroatoms. The van der Waals surface area contributed by atoms with Gasteiger partial charge in [-0.3, -0.25) is 0 Å². The molecule has 106 valence electrons. The zero-order chi connectivity index (χ0) is 13.9. The first-order chi connectivity index (χ1) is 8.88. The van der Waals surface area contributed by atoms with E-state index in [0.29, 0.717) is 24.7 Å². The summed E-state index contributed by atoms with van der Waals surface area (Å²) in [6.45, 7) is 4.18. The van der Waals surface area contributed by atoms with Gasteiger partial charge in [-0.25, -0.2) is 0 Å². The lowest BCUT2D eigenvalue weighted by atomic mass is 9.89. The Kier molecular flexibility index (Phi) is 4.30. The van der Waals surface area contributed by atoms with Crippen LogP contribution in [0.15, 0.2) is 29.2 Å². The molecule has 0 aliphatic carbocycles. The van der Waals surface area contributed by atoms with E-state index < -0.39 is 11.9 Å². The molecule has 1 aromatic carbocycles. The first-order valence-corrected chi connectivity index (χ1v) is 6.97. The van der Waals surface area contributed by atoms with Gasteiger partial charge in [0.1, 0.15) is 0 Å². The van der Waals surface area contributed by atoms with E-state index in [1.165, 1.54) is 0 Å². The van der Waals surface area contributed by atoms with Crippen molar-refractivity contribution < 1.29 is 17.9 Å². The third-order valence-electron chi connectivity index (χ3n) is 2.89. The Morgan fingerprint density at radius 3 is 2.58 bits per heavy atom. The highest BCUT2D eigenvalue weighted by Gasteiger charge is 2.33. The van der Waals surface area contributed by atoms with Crippen LogP contribution in [0.5, 0.6) is 0 Å². The van der Waals surface area contributed by atoms with E-state index in [-0.39, 0.29) is 5.41 Å². The lowest BCUT2D eigenvalue weighted by Crippen LogP contribution is -2.45. The molecule has 2 nitrogen and oxygen atoms in total. The van der Waals surface area contributed by atoms with Crippen LogP contribution < -0.4 is 5.32 Å². The Bertz CT molecular complexity index is 432. The predicted molar refractivity (Wildman–Crippen MR) is 70.6 cm³/mol. The van der Waals surface area contributed by atoms with Crippen molar-refractivity contribution in [2.24, 2.45) is 5.41 Å². The zero-order valence-electron chi connectivity index (χ0n) is 10.6. The molecular weight excluding hydrogens is 275 g/mol. The molecule has 1 N–H and O–H groups in total. The van der Waals surface area contributed by atoms with Crippen molar-refractivity contribution >= 4 is 17.4 Å². The van der Waals surface area contributed by atoms with Crippen molar-refractivity contribution in [3.63, 3.8) is 0 Å². The molecular formula is C13H16F3NOS. The maximum Gasteiger partial charge on any atom is 0.398 e. The topological polar surface area (TPSA) is 21.3 Å². The average Bonchev–Trinajstić information content (AvgIpc) is 2.31. The number of anilines is 1. The van der Waals surface area contributed by atoms with Gasteiger partial charge < -0.3 is 10.1 Å². The highest BCUT2D eigenvalue weighted by molar-refractivity contribution is 7.99. The van der Waals surface area contributed by atoms with Gasteiger partial charge in [-0.2, -0.15) is 13.2 Å². The SMILES string of the molecule is CC1(CNc2ccccc2SCC(F)(F)F)COC1. The highest BCUT2D eigenvalue weighted by Crippen LogP contribution is 2.33. The van der Waals surface area contributed by atoms with Gasteiger partial charge in [-0.05, 0) is 12.1 Å². The molecule has 2 rings (SSSR count). The molecule has 1 aliphatic heterocycles. The molecule has 0 saturated carbocycles. The number of thioether (sulfide) groups is 1. The van der Waals surface area contributed by atoms with Crippen LogP contribution in [0.25, 0.3) is 0 Å². The third-order valence-corrected chi connectivity index (χ3v) is 4.02. The maximum atomic E-state index is 12.3. The van der Waals surface area contributed by atoms with E-state index >= 15 is 0 Å². The predicted octanol–water partition coefficient (Wildman–Crippen LogP) is 3.79. The van der Waals surface area contributed by atoms with E-state index in [2.05, 4.69) is 12.2 Å². The van der Waals surface area contributed by atoms with E-state index in [9.17, 15) is 13.2 Å². The summed E-state index contributed by atoms with van der Waals surface area (Å²) in [4.78, 5) is 0.628. The highest BCUT2D eigenvalue weighted by atomic mass is 32.2. The Balaban J connectivity index is 1.95. The number of benzene rings is 1. The molecule has 1 aliphatic rings. The minimum Gasteiger partial charge on any atom is -0.383 e. The van der Waals surface area contributed by atoms with Crippen molar-refractivity contribution in [3.05, 3.63) is 24.3 Å². The largest absolute Gasteiger partial charge is 0.398 e. The van der Waals surface area contributed by atoms with E-state index in [4.69, 9.17) is 4.74 Å². The first kappa shape index (κ1) is 14.5. The number of ether oxygens (including phenoxy) is 1. The third kappa shape index (κ3) is 4.31. The standard InChI is InChI=1S/C13H16F3NOS/c1-12(7-18-8-12)6-17-10-4-2-3-5-11(10)19-9-13(14,15)16/h2-5,17H,6-9H2,1H3. The molecule has 1 heterocycles. The van der Waals surface area contributed by atoms with Crippen LogP contribution in [-0.4, -0.2) is 31.7 Å². The molecule has 0 aromatic heterocycles. The summed E-state index contributed by atoms with van der Waals surface area (Å²) in [5.74, 6) is -0.869. The second-order valence-electron chi connectivity index (χ2n) is 5.06. The van der Waals surface area contributed by atoms with E-state index in [1.54, 1.807) is 12.1 Å². The number of halogens is 3. The lowest BCUT2D eigenvalue weighted by molar-refractivity contribution is -0.105. The summed E-state index contributed by atoms with van der Waals surface area (Å²) in [5, 5.41) is 3.22. The van der Waals surface area contributed by atoms with Crippen molar-refractivity contribution in [1.29, 1.82) is 0 Å². The van der Waals surface area contributed by atoms with Crippen LogP contribution in [0.2, 0.25) is 0 Å². The summed E-state index contributed by atoms with van der Waals surface area (Å²) in [5.41, 5.74) is 0.840. The summed E-state index contributed by atoms with van der Waals surface area (Å²) < 4.78 is 41.9. The monoisotopic (exact) mass is 291 g/mol. The van der Waals surface area contributed by atoms with Gasteiger partial charge in [0.15, 0.2) is 0 Å². The van der Waals surface area contributed by atoms with Gasteiger partial charge in [-0.15, -0.1) is 11.8 Å². The Hall–Kier alpha value is -0.880. The number of rotatable bonds is 5. The molecule has 19 heavy (non-hydrogen) atoms. The van der Waals surface area contributed by atoms with Crippen LogP contribution in [0.1, 0.15) is 6.92 Å². The summed E-state index contributed by atoms with van der Waals surface area (Å²) >= 11 is 0.811. The van der Waals surface area contributed by atoms with Crippen LogP contribution >= 0.6 is 11.8 Å². The van der Waals surface area contributed by atoms with Crippen LogP contribution in [0.4, 0.5) is 18.9 Å².